The molecule has 0 spiro atoms. The van der Waals surface area contributed by atoms with Gasteiger partial charge in [0.2, 0.25) is 12.7 Å². The Labute approximate surface area is 161 Å². The number of carbonyl (C=O) groups excluding carboxylic acids is 3. The van der Waals surface area contributed by atoms with Gasteiger partial charge in [-0.15, -0.1) is 0 Å². The summed E-state index contributed by atoms with van der Waals surface area (Å²) in [6.07, 6.45) is 0.377. The molecule has 0 saturated carbocycles. The number of fused-ring (bicyclic) bond motifs is 1. The van der Waals surface area contributed by atoms with Crippen LogP contribution in [0.25, 0.3) is 0 Å². The second-order valence-corrected chi connectivity index (χ2v) is 6.56. The van der Waals surface area contributed by atoms with Crippen LogP contribution in [0.3, 0.4) is 0 Å². The number of anilines is 1. The molecule has 4 amide bonds. The van der Waals surface area contributed by atoms with E-state index in [1.54, 1.807) is 42.5 Å². The topological polar surface area (TPSA) is 97.0 Å². The van der Waals surface area contributed by atoms with E-state index in [1.165, 1.54) is 0 Å². The van der Waals surface area contributed by atoms with E-state index in [0.29, 0.717) is 29.2 Å². The lowest BCUT2D eigenvalue weighted by atomic mass is 9.87. The lowest BCUT2D eigenvalue weighted by Gasteiger charge is -2.25. The Hall–Kier alpha value is -3.55. The molecule has 2 heterocycles. The lowest BCUT2D eigenvalue weighted by Crippen LogP contribution is -2.44. The number of rotatable bonds is 5. The van der Waals surface area contributed by atoms with Crippen molar-refractivity contribution in [3.05, 3.63) is 54.1 Å². The number of carbonyl (C=O) groups is 3. The molecule has 1 fully saturated rings. The first-order chi connectivity index (χ1) is 13.5. The molecule has 2 aliphatic heterocycles. The van der Waals surface area contributed by atoms with Crippen LogP contribution in [0.4, 0.5) is 10.5 Å². The van der Waals surface area contributed by atoms with Crippen molar-refractivity contribution in [2.75, 3.05) is 18.7 Å². The van der Waals surface area contributed by atoms with Crippen LogP contribution >= 0.6 is 0 Å². The Morgan fingerprint density at radius 3 is 2.64 bits per heavy atom. The van der Waals surface area contributed by atoms with Gasteiger partial charge in [0.25, 0.3) is 5.91 Å². The Kier molecular flexibility index (Phi) is 4.38. The molecule has 8 nitrogen and oxygen atoms in total. The molecular formula is C20H19N3O5. The maximum Gasteiger partial charge on any atom is 0.325 e. The monoisotopic (exact) mass is 381 g/mol. The van der Waals surface area contributed by atoms with E-state index in [9.17, 15) is 14.4 Å². The van der Waals surface area contributed by atoms with Crippen LogP contribution in [0.5, 0.6) is 11.5 Å². The van der Waals surface area contributed by atoms with Gasteiger partial charge in [-0.3, -0.25) is 14.5 Å². The molecule has 8 heteroatoms. The summed E-state index contributed by atoms with van der Waals surface area (Å²) >= 11 is 0. The van der Waals surface area contributed by atoms with Crippen molar-refractivity contribution in [3.63, 3.8) is 0 Å². The van der Waals surface area contributed by atoms with Gasteiger partial charge in [-0.2, -0.15) is 0 Å². The fourth-order valence-electron chi connectivity index (χ4n) is 3.45. The minimum absolute atomic E-state index is 0.133. The van der Waals surface area contributed by atoms with Gasteiger partial charge in [-0.25, -0.2) is 4.79 Å². The zero-order valence-electron chi connectivity index (χ0n) is 15.2. The molecule has 4 rings (SSSR count). The van der Waals surface area contributed by atoms with E-state index in [-0.39, 0.29) is 13.3 Å². The second-order valence-electron chi connectivity index (χ2n) is 6.56. The predicted octanol–water partition coefficient (Wildman–Crippen LogP) is 2.21. The summed E-state index contributed by atoms with van der Waals surface area (Å²) < 4.78 is 10.5. The van der Waals surface area contributed by atoms with Crippen molar-refractivity contribution in [2.24, 2.45) is 0 Å². The molecule has 2 aromatic rings. The van der Waals surface area contributed by atoms with Gasteiger partial charge in [-0.05, 0) is 24.1 Å². The van der Waals surface area contributed by atoms with Gasteiger partial charge in [-0.1, -0.05) is 37.3 Å². The number of hydrogen-bond acceptors (Lipinski definition) is 5. The van der Waals surface area contributed by atoms with E-state index < -0.39 is 23.4 Å². The summed E-state index contributed by atoms with van der Waals surface area (Å²) in [6.45, 7) is 1.57. The van der Waals surface area contributed by atoms with Crippen LogP contribution in [-0.2, 0) is 15.1 Å². The maximum absolute atomic E-state index is 13.0. The molecule has 2 aliphatic rings. The molecule has 28 heavy (non-hydrogen) atoms. The van der Waals surface area contributed by atoms with Gasteiger partial charge < -0.3 is 20.1 Å². The molecule has 2 N–H and O–H groups in total. The van der Waals surface area contributed by atoms with Crippen molar-refractivity contribution in [1.29, 1.82) is 0 Å². The molecule has 1 atom stereocenters. The van der Waals surface area contributed by atoms with E-state index >= 15 is 0 Å². The number of benzene rings is 2. The van der Waals surface area contributed by atoms with Crippen LogP contribution in [-0.4, -0.2) is 36.1 Å². The van der Waals surface area contributed by atoms with Crippen molar-refractivity contribution < 1.29 is 23.9 Å². The van der Waals surface area contributed by atoms with E-state index in [2.05, 4.69) is 10.6 Å². The highest BCUT2D eigenvalue weighted by Crippen LogP contribution is 2.35. The van der Waals surface area contributed by atoms with E-state index in [1.807, 2.05) is 13.0 Å². The van der Waals surface area contributed by atoms with Gasteiger partial charge in [0.05, 0.1) is 0 Å². The van der Waals surface area contributed by atoms with Crippen molar-refractivity contribution in [1.82, 2.24) is 10.2 Å². The molecule has 0 radical (unpaired) electrons. The first-order valence-corrected chi connectivity index (χ1v) is 8.92. The third-order valence-corrected chi connectivity index (χ3v) is 4.93. The largest absolute Gasteiger partial charge is 0.454 e. The average molecular weight is 381 g/mol. The van der Waals surface area contributed by atoms with Crippen molar-refractivity contribution >= 4 is 23.5 Å². The first kappa shape index (κ1) is 17.8. The fraction of sp³-hybridized carbons (Fsp3) is 0.250. The lowest BCUT2D eigenvalue weighted by molar-refractivity contribution is -0.134. The van der Waals surface area contributed by atoms with Gasteiger partial charge in [0, 0.05) is 11.8 Å². The number of nitrogens with zero attached hydrogens (tertiary/aromatic N) is 1. The van der Waals surface area contributed by atoms with Crippen LogP contribution < -0.4 is 20.1 Å². The van der Waals surface area contributed by atoms with E-state index in [0.717, 1.165) is 4.90 Å². The minimum atomic E-state index is -1.16. The number of imide groups is 1. The molecule has 2 aromatic carbocycles. The normalized spacial score (nSPS) is 20.2. The van der Waals surface area contributed by atoms with Crippen molar-refractivity contribution in [3.8, 4) is 11.5 Å². The Balaban J connectivity index is 1.49. The Morgan fingerprint density at radius 2 is 1.89 bits per heavy atom. The van der Waals surface area contributed by atoms with Crippen LogP contribution in [0.1, 0.15) is 18.9 Å². The summed E-state index contributed by atoms with van der Waals surface area (Å²) in [5, 5.41) is 5.43. The zero-order chi connectivity index (χ0) is 19.7. The highest BCUT2D eigenvalue weighted by Gasteiger charge is 2.51. The molecule has 0 bridgehead atoms. The van der Waals surface area contributed by atoms with Crippen LogP contribution in [0.15, 0.2) is 48.5 Å². The molecule has 0 aromatic heterocycles. The zero-order valence-corrected chi connectivity index (χ0v) is 15.2. The summed E-state index contributed by atoms with van der Waals surface area (Å²) in [7, 11) is 0. The van der Waals surface area contributed by atoms with Crippen molar-refractivity contribution in [2.45, 2.75) is 18.9 Å². The highest BCUT2D eigenvalue weighted by molar-refractivity contribution is 6.10. The number of urea groups is 1. The molecular weight excluding hydrogens is 362 g/mol. The SMILES string of the molecule is CC[C@]1(c2ccccc2)NC(=O)N(CC(=O)Nc2ccc3c(c2)OCO3)C1=O. The number of ether oxygens (including phenoxy) is 2. The molecule has 0 unspecified atom stereocenters. The van der Waals surface area contributed by atoms with Gasteiger partial charge in [0.15, 0.2) is 11.5 Å². The van der Waals surface area contributed by atoms with Gasteiger partial charge in [0.1, 0.15) is 12.1 Å². The number of amides is 4. The van der Waals surface area contributed by atoms with Crippen LogP contribution in [0.2, 0.25) is 0 Å². The Bertz CT molecular complexity index is 946. The molecule has 144 valence electrons. The number of hydrogen-bond donors (Lipinski definition) is 2. The summed E-state index contributed by atoms with van der Waals surface area (Å²) in [6, 6.07) is 13.4. The highest BCUT2D eigenvalue weighted by atomic mass is 16.7. The first-order valence-electron chi connectivity index (χ1n) is 8.92. The predicted molar refractivity (Wildman–Crippen MR) is 99.9 cm³/mol. The third-order valence-electron chi connectivity index (χ3n) is 4.93. The number of nitrogens with one attached hydrogen (secondary N) is 2. The summed E-state index contributed by atoms with van der Waals surface area (Å²) in [4.78, 5) is 38.9. The van der Waals surface area contributed by atoms with Gasteiger partial charge >= 0.3 is 6.03 Å². The second kappa shape index (κ2) is 6.88. The molecule has 1 saturated heterocycles. The standard InChI is InChI=1S/C20H19N3O5/c1-2-20(13-6-4-3-5-7-13)18(25)23(19(26)22-20)11-17(24)21-14-8-9-15-16(10-14)28-12-27-15/h3-10H,2,11-12H2,1H3,(H,21,24)(H,22,26)/t20-/m1/s1. The molecule has 0 aliphatic carbocycles. The quantitative estimate of drug-likeness (QED) is 0.774. The third kappa shape index (κ3) is 2.92. The minimum Gasteiger partial charge on any atom is -0.454 e. The van der Waals surface area contributed by atoms with Crippen LogP contribution in [0, 0.1) is 0 Å². The van der Waals surface area contributed by atoms with E-state index in [4.69, 9.17) is 9.47 Å². The fourth-order valence-corrected chi connectivity index (χ4v) is 3.45. The Morgan fingerprint density at radius 1 is 1.14 bits per heavy atom. The maximum atomic E-state index is 13.0. The summed E-state index contributed by atoms with van der Waals surface area (Å²) in [5.41, 5.74) is 0.0258. The smallest absolute Gasteiger partial charge is 0.325 e. The summed E-state index contributed by atoms with van der Waals surface area (Å²) in [5.74, 6) is 0.207. The average Bonchev–Trinajstić information content (AvgIpc) is 3.26.